The molecule has 0 bridgehead atoms. The molecule has 0 spiro atoms. The van der Waals surface area contributed by atoms with Gasteiger partial charge in [0.25, 0.3) is 0 Å². The van der Waals surface area contributed by atoms with Gasteiger partial charge in [-0.1, -0.05) is 59.6 Å². The molecule has 0 unspecified atom stereocenters. The molecular weight excluding hydrogens is 627 g/mol. The molecule has 3 aliphatic heterocycles. The van der Waals surface area contributed by atoms with E-state index in [1.54, 1.807) is 27.7 Å². The van der Waals surface area contributed by atoms with Gasteiger partial charge in [0.2, 0.25) is 0 Å². The predicted molar refractivity (Wildman–Crippen MR) is 179 cm³/mol. The van der Waals surface area contributed by atoms with Crippen molar-refractivity contribution in [3.63, 3.8) is 0 Å². The first-order valence-corrected chi connectivity index (χ1v) is 16.9. The number of aldehydes is 1. The highest BCUT2D eigenvalue weighted by molar-refractivity contribution is 6.42. The minimum absolute atomic E-state index is 0.0223. The minimum Gasteiger partial charge on any atom is -0.444 e. The third-order valence-electron chi connectivity index (χ3n) is 10.1. The van der Waals surface area contributed by atoms with Gasteiger partial charge in [0.15, 0.2) is 0 Å². The summed E-state index contributed by atoms with van der Waals surface area (Å²) in [4.78, 5) is 51.7. The lowest BCUT2D eigenvalue weighted by Gasteiger charge is -2.56. The molecule has 3 fully saturated rings. The van der Waals surface area contributed by atoms with Gasteiger partial charge in [-0.15, -0.1) is 0 Å². The Balaban J connectivity index is 1.26. The summed E-state index contributed by atoms with van der Waals surface area (Å²) in [6.07, 6.45) is 5.65. The number of halogens is 2. The number of rotatable bonds is 8. The molecule has 0 saturated carbocycles. The van der Waals surface area contributed by atoms with Crippen molar-refractivity contribution in [3.05, 3.63) is 80.8 Å². The Morgan fingerprint density at radius 3 is 2.37 bits per heavy atom. The number of aromatic nitrogens is 2. The number of carbonyl (C=O) groups excluding carboxylic acids is 2. The van der Waals surface area contributed by atoms with Crippen molar-refractivity contribution < 1.29 is 14.3 Å². The summed E-state index contributed by atoms with van der Waals surface area (Å²) in [5.74, 6) is 0. The van der Waals surface area contributed by atoms with Gasteiger partial charge >= 0.3 is 11.8 Å². The summed E-state index contributed by atoms with van der Waals surface area (Å²) in [5, 5.41) is 0.819. The van der Waals surface area contributed by atoms with Crippen LogP contribution in [0.5, 0.6) is 0 Å². The van der Waals surface area contributed by atoms with E-state index in [1.165, 1.54) is 0 Å². The van der Waals surface area contributed by atoms with Crippen molar-refractivity contribution in [1.29, 1.82) is 0 Å². The van der Waals surface area contributed by atoms with Gasteiger partial charge in [-0.2, -0.15) is 0 Å². The largest absolute Gasteiger partial charge is 0.444 e. The fourth-order valence-electron chi connectivity index (χ4n) is 7.49. The number of imidazole rings is 1. The molecule has 46 heavy (non-hydrogen) atoms. The molecule has 0 radical (unpaired) electrons. The van der Waals surface area contributed by atoms with E-state index in [0.29, 0.717) is 48.6 Å². The highest BCUT2D eigenvalue weighted by atomic mass is 35.5. The van der Waals surface area contributed by atoms with E-state index in [0.717, 1.165) is 62.1 Å². The summed E-state index contributed by atoms with van der Waals surface area (Å²) >= 11 is 12.3. The molecule has 6 rings (SSSR count). The Labute approximate surface area is 279 Å². The van der Waals surface area contributed by atoms with Crippen LogP contribution in [0.1, 0.15) is 43.7 Å². The van der Waals surface area contributed by atoms with Crippen molar-refractivity contribution in [2.24, 2.45) is 0 Å². The molecule has 0 aliphatic carbocycles. The lowest BCUT2D eigenvalue weighted by atomic mass is 9.86. The molecule has 2 atom stereocenters. The first kappa shape index (κ1) is 32.8. The van der Waals surface area contributed by atoms with Crippen LogP contribution in [0.25, 0.3) is 11.3 Å². The lowest BCUT2D eigenvalue weighted by molar-refractivity contribution is -0.129. The molecule has 3 aliphatic rings. The summed E-state index contributed by atoms with van der Waals surface area (Å²) in [6, 6.07) is 15.2. The smallest absolute Gasteiger partial charge is 0.411 e. The molecule has 246 valence electrons. The molecule has 10 nitrogen and oxygen atoms in total. The summed E-state index contributed by atoms with van der Waals surface area (Å²) < 4.78 is 7.61. The van der Waals surface area contributed by atoms with Crippen LogP contribution in [0.15, 0.2) is 59.5 Å². The Morgan fingerprint density at radius 1 is 0.957 bits per heavy atom. The quantitative estimate of drug-likeness (QED) is 0.333. The van der Waals surface area contributed by atoms with Gasteiger partial charge in [0.05, 0.1) is 15.7 Å². The second-order valence-electron chi connectivity index (χ2n) is 12.8. The van der Waals surface area contributed by atoms with Gasteiger partial charge in [-0.3, -0.25) is 19.3 Å². The predicted octanol–water partition coefficient (Wildman–Crippen LogP) is 5.12. The number of nitrogens with zero attached hydrogens (tertiary/aromatic N) is 5. The number of piperazine rings is 1. The zero-order chi connectivity index (χ0) is 32.3. The standard InChI is InChI=1S/C34H42Cl2N6O4/c1-38-13-9-27(10-14-38)39-16-18-40(19-17-39)34(12-20-43)22-28(41-23-31(37-32(41)44)26-5-3-2-4-6-26)11-15-42(34)33(45)46-24-25-7-8-29(35)30(36)21-25/h2-8,20-21,23,27-28H,9-19,22,24H2,1H3,(H,37,44)/t28-,34+/m1/s1. The monoisotopic (exact) mass is 668 g/mol. The minimum atomic E-state index is -0.943. The van der Waals surface area contributed by atoms with Crippen LogP contribution in [0.4, 0.5) is 4.79 Å². The van der Waals surface area contributed by atoms with E-state index in [-0.39, 0.29) is 24.8 Å². The number of benzene rings is 2. The van der Waals surface area contributed by atoms with Gasteiger partial charge < -0.3 is 19.4 Å². The maximum atomic E-state index is 13.9. The number of piperidine rings is 2. The molecular formula is C34H42Cl2N6O4. The fourth-order valence-corrected chi connectivity index (χ4v) is 7.81. The fraction of sp³-hybridized carbons (Fsp3) is 0.500. The number of H-pyrrole nitrogens is 1. The Kier molecular flexibility index (Phi) is 10.2. The lowest BCUT2D eigenvalue weighted by Crippen LogP contribution is -2.69. The van der Waals surface area contributed by atoms with Crippen LogP contribution in [0.2, 0.25) is 10.0 Å². The van der Waals surface area contributed by atoms with Gasteiger partial charge in [-0.05, 0) is 62.7 Å². The summed E-state index contributed by atoms with van der Waals surface area (Å²) in [7, 11) is 2.17. The normalized spacial score (nSPS) is 23.8. The third-order valence-corrected chi connectivity index (χ3v) is 10.8. The average molecular weight is 670 g/mol. The number of amides is 1. The molecule has 3 aromatic rings. The van der Waals surface area contributed by atoms with Crippen LogP contribution in [-0.2, 0) is 16.1 Å². The Hall–Kier alpha value is -3.15. The summed E-state index contributed by atoms with van der Waals surface area (Å²) in [5.41, 5.74) is 1.24. The van der Waals surface area contributed by atoms with Crippen molar-refractivity contribution >= 4 is 35.6 Å². The zero-order valence-corrected chi connectivity index (χ0v) is 27.8. The van der Waals surface area contributed by atoms with Gasteiger partial charge in [0.1, 0.15) is 18.6 Å². The van der Waals surface area contributed by atoms with Gasteiger partial charge in [-0.25, -0.2) is 9.59 Å². The molecule has 1 N–H and O–H groups in total. The highest BCUT2D eigenvalue weighted by Crippen LogP contribution is 2.41. The van der Waals surface area contributed by atoms with Crippen LogP contribution < -0.4 is 5.69 Å². The molecule has 2 aromatic carbocycles. The van der Waals surface area contributed by atoms with Crippen LogP contribution >= 0.6 is 23.2 Å². The molecule has 12 heteroatoms. The topological polar surface area (TPSA) is 94.1 Å². The van der Waals surface area contributed by atoms with Crippen molar-refractivity contribution in [3.8, 4) is 11.3 Å². The maximum Gasteiger partial charge on any atom is 0.411 e. The Morgan fingerprint density at radius 2 is 1.67 bits per heavy atom. The van der Waals surface area contributed by atoms with Crippen LogP contribution in [0, 0.1) is 0 Å². The van der Waals surface area contributed by atoms with E-state index >= 15 is 0 Å². The second-order valence-corrected chi connectivity index (χ2v) is 13.6. The molecule has 1 amide bonds. The first-order valence-electron chi connectivity index (χ1n) is 16.1. The molecule has 1 aromatic heterocycles. The van der Waals surface area contributed by atoms with Crippen LogP contribution in [0.3, 0.4) is 0 Å². The average Bonchev–Trinajstić information content (AvgIpc) is 3.47. The van der Waals surface area contributed by atoms with Gasteiger partial charge in [0, 0.05) is 63.8 Å². The van der Waals surface area contributed by atoms with Crippen molar-refractivity contribution in [2.75, 3.05) is 52.9 Å². The number of ether oxygens (including phenoxy) is 1. The number of hydrogen-bond donors (Lipinski definition) is 1. The van der Waals surface area contributed by atoms with E-state index in [2.05, 4.69) is 26.7 Å². The number of hydrogen-bond acceptors (Lipinski definition) is 7. The SMILES string of the molecule is CN1CCC(N2CCN([C@]3(CC=O)C[C@H](n4cc(-c5ccccc5)[nH]c4=O)CCN3C(=O)OCc3ccc(Cl)c(Cl)c3)CC2)CC1. The number of carbonyl (C=O) groups is 2. The Bertz CT molecular complexity index is 1570. The van der Waals surface area contributed by atoms with Crippen LogP contribution in [-0.4, -0.2) is 106 Å². The van der Waals surface area contributed by atoms with Crippen molar-refractivity contribution in [2.45, 2.75) is 56.5 Å². The second kappa shape index (κ2) is 14.3. The highest BCUT2D eigenvalue weighted by Gasteiger charge is 2.51. The molecule has 4 heterocycles. The van der Waals surface area contributed by atoms with Crippen molar-refractivity contribution in [1.82, 2.24) is 29.2 Å². The van der Waals surface area contributed by atoms with E-state index in [4.69, 9.17) is 27.9 Å². The first-order chi connectivity index (χ1) is 22.3. The van der Waals surface area contributed by atoms with E-state index in [9.17, 15) is 14.4 Å². The third kappa shape index (κ3) is 6.92. The number of likely N-dealkylation sites (tertiary alicyclic amines) is 2. The molecule has 3 saturated heterocycles. The van der Waals surface area contributed by atoms with E-state index in [1.807, 2.05) is 36.5 Å². The van der Waals surface area contributed by atoms with E-state index < -0.39 is 11.8 Å². The number of aromatic amines is 1. The zero-order valence-electron chi connectivity index (χ0n) is 26.2. The summed E-state index contributed by atoms with van der Waals surface area (Å²) in [6.45, 7) is 5.68. The number of nitrogens with one attached hydrogen (secondary N) is 1. The maximum absolute atomic E-state index is 13.9.